The van der Waals surface area contributed by atoms with Crippen LogP contribution in [0.5, 0.6) is 40.2 Å². The molecule has 0 amide bonds. The van der Waals surface area contributed by atoms with Gasteiger partial charge in [-0.25, -0.2) is 4.79 Å². The second kappa shape index (κ2) is 12.8. The van der Waals surface area contributed by atoms with Gasteiger partial charge >= 0.3 is 5.97 Å². The van der Waals surface area contributed by atoms with Crippen molar-refractivity contribution in [2.75, 3.05) is 49.8 Å². The van der Waals surface area contributed by atoms with Gasteiger partial charge in [-0.15, -0.1) is 0 Å². The molecule has 0 spiro atoms. The quantitative estimate of drug-likeness (QED) is 0.142. The molecule has 0 fully saturated rings. The normalized spacial score (nSPS) is 11.0. The average Bonchev–Trinajstić information content (AvgIpc) is 3.02. The summed E-state index contributed by atoms with van der Waals surface area (Å²) in [4.78, 5) is 23.3. The molecule has 0 bridgehead atoms. The monoisotopic (exact) mass is 562 g/mol. The number of carbonyl (C=O) groups excluding carboxylic acids is 1. The van der Waals surface area contributed by atoms with Crippen LogP contribution in [0, 0.1) is 0 Å². The summed E-state index contributed by atoms with van der Waals surface area (Å²) in [6, 6.07) is 13.6. The number of rotatable bonds is 11. The van der Waals surface area contributed by atoms with Crippen LogP contribution in [0.1, 0.15) is 21.6 Å². The maximum atomic E-state index is 13.2. The summed E-state index contributed by atoms with van der Waals surface area (Å²) < 4.78 is 37.9. The van der Waals surface area contributed by atoms with Crippen LogP contribution < -0.4 is 33.2 Å². The number of pyridine rings is 1. The van der Waals surface area contributed by atoms with E-state index in [-0.39, 0.29) is 11.3 Å². The van der Waals surface area contributed by atoms with E-state index >= 15 is 0 Å². The molecule has 0 aliphatic rings. The van der Waals surface area contributed by atoms with Crippen molar-refractivity contribution < 1.29 is 42.8 Å². The lowest BCUT2D eigenvalue weighted by atomic mass is 10.0. The fraction of sp³-hybridized carbons (Fsp3) is 0.233. The SMILES string of the molecule is COc1ccc(/C(=N/OC(=O)c2cc(OC)c(OC)c(OC)c2)c2nccc3cc(OC)c(OC)cc23)cc1OC. The summed E-state index contributed by atoms with van der Waals surface area (Å²) in [6.45, 7) is 0. The Morgan fingerprint density at radius 1 is 0.610 bits per heavy atom. The van der Waals surface area contributed by atoms with Gasteiger partial charge in [0.15, 0.2) is 34.5 Å². The van der Waals surface area contributed by atoms with Crippen LogP contribution in [0.25, 0.3) is 10.8 Å². The molecule has 0 saturated heterocycles. The van der Waals surface area contributed by atoms with Gasteiger partial charge in [-0.05, 0) is 53.9 Å². The number of nitrogens with zero attached hydrogens (tertiary/aromatic N) is 2. The highest BCUT2D eigenvalue weighted by Crippen LogP contribution is 2.39. The molecule has 1 aromatic heterocycles. The lowest BCUT2D eigenvalue weighted by Gasteiger charge is -2.15. The van der Waals surface area contributed by atoms with Crippen LogP contribution in [-0.4, -0.2) is 66.4 Å². The van der Waals surface area contributed by atoms with Crippen molar-refractivity contribution in [2.45, 2.75) is 0 Å². The van der Waals surface area contributed by atoms with E-state index in [0.29, 0.717) is 56.9 Å². The smallest absolute Gasteiger partial charge is 0.366 e. The van der Waals surface area contributed by atoms with Gasteiger partial charge in [0, 0.05) is 17.1 Å². The van der Waals surface area contributed by atoms with E-state index in [4.69, 9.17) is 38.0 Å². The largest absolute Gasteiger partial charge is 0.493 e. The van der Waals surface area contributed by atoms with Crippen molar-refractivity contribution >= 4 is 22.5 Å². The molecule has 4 aromatic rings. The fourth-order valence-corrected chi connectivity index (χ4v) is 4.24. The van der Waals surface area contributed by atoms with Gasteiger partial charge in [-0.3, -0.25) is 4.98 Å². The molecule has 4 rings (SSSR count). The maximum Gasteiger partial charge on any atom is 0.366 e. The first-order valence-electron chi connectivity index (χ1n) is 12.3. The summed E-state index contributed by atoms with van der Waals surface area (Å²) in [5.74, 6) is 2.17. The van der Waals surface area contributed by atoms with Crippen LogP contribution in [-0.2, 0) is 4.84 Å². The number of benzene rings is 3. The molecule has 0 N–H and O–H groups in total. The van der Waals surface area contributed by atoms with E-state index in [1.54, 1.807) is 44.7 Å². The molecule has 11 nitrogen and oxygen atoms in total. The lowest BCUT2D eigenvalue weighted by Crippen LogP contribution is -2.11. The topological polar surface area (TPSA) is 116 Å². The molecular formula is C30H30N2O9. The Kier molecular flexibility index (Phi) is 8.98. The van der Waals surface area contributed by atoms with Gasteiger partial charge < -0.3 is 38.0 Å². The maximum absolute atomic E-state index is 13.2. The highest BCUT2D eigenvalue weighted by Gasteiger charge is 2.21. The molecule has 0 unspecified atom stereocenters. The zero-order valence-corrected chi connectivity index (χ0v) is 23.8. The Bertz CT molecular complexity index is 1580. The number of aromatic nitrogens is 1. The van der Waals surface area contributed by atoms with Gasteiger partial charge in [0.1, 0.15) is 11.4 Å². The lowest BCUT2D eigenvalue weighted by molar-refractivity contribution is 0.0516. The second-order valence-electron chi connectivity index (χ2n) is 8.39. The number of carbonyl (C=O) groups is 1. The van der Waals surface area contributed by atoms with Gasteiger partial charge in [-0.2, -0.15) is 0 Å². The van der Waals surface area contributed by atoms with Crippen LogP contribution in [0.3, 0.4) is 0 Å². The van der Waals surface area contributed by atoms with Crippen LogP contribution in [0.2, 0.25) is 0 Å². The molecule has 214 valence electrons. The minimum Gasteiger partial charge on any atom is -0.493 e. The Labute approximate surface area is 237 Å². The summed E-state index contributed by atoms with van der Waals surface area (Å²) in [6.07, 6.45) is 1.63. The molecule has 0 saturated carbocycles. The molecule has 11 heteroatoms. The predicted octanol–water partition coefficient (Wildman–Crippen LogP) is 4.90. The van der Waals surface area contributed by atoms with Gasteiger partial charge in [0.05, 0.1) is 55.3 Å². The van der Waals surface area contributed by atoms with E-state index < -0.39 is 5.97 Å². The molecule has 41 heavy (non-hydrogen) atoms. The van der Waals surface area contributed by atoms with Crippen LogP contribution >= 0.6 is 0 Å². The van der Waals surface area contributed by atoms with E-state index in [1.165, 1.54) is 47.7 Å². The van der Waals surface area contributed by atoms with Crippen LogP contribution in [0.15, 0.2) is 59.9 Å². The molecule has 0 aliphatic carbocycles. The van der Waals surface area contributed by atoms with Crippen LogP contribution in [0.4, 0.5) is 0 Å². The van der Waals surface area contributed by atoms with Crippen molar-refractivity contribution in [1.29, 1.82) is 0 Å². The Balaban J connectivity index is 1.88. The Hall–Kier alpha value is -5.19. The van der Waals surface area contributed by atoms with Crippen molar-refractivity contribution in [3.63, 3.8) is 0 Å². The van der Waals surface area contributed by atoms with Crippen molar-refractivity contribution in [2.24, 2.45) is 5.16 Å². The number of fused-ring (bicyclic) bond motifs is 1. The number of hydrogen-bond acceptors (Lipinski definition) is 11. The number of oxime groups is 1. The Morgan fingerprint density at radius 3 is 1.76 bits per heavy atom. The highest BCUT2D eigenvalue weighted by molar-refractivity contribution is 6.18. The average molecular weight is 563 g/mol. The van der Waals surface area contributed by atoms with E-state index in [2.05, 4.69) is 10.1 Å². The van der Waals surface area contributed by atoms with E-state index in [0.717, 1.165) is 5.39 Å². The van der Waals surface area contributed by atoms with Crippen molar-refractivity contribution in [1.82, 2.24) is 4.98 Å². The van der Waals surface area contributed by atoms with Gasteiger partial charge in [0.2, 0.25) is 5.75 Å². The molecule has 1 heterocycles. The van der Waals surface area contributed by atoms with E-state index in [9.17, 15) is 4.79 Å². The summed E-state index contributed by atoms with van der Waals surface area (Å²) in [5, 5.41) is 5.78. The molecule has 0 radical (unpaired) electrons. The summed E-state index contributed by atoms with van der Waals surface area (Å²) >= 11 is 0. The Morgan fingerprint density at radius 2 is 1.17 bits per heavy atom. The first-order chi connectivity index (χ1) is 19.9. The second-order valence-corrected chi connectivity index (χ2v) is 8.39. The third-order valence-electron chi connectivity index (χ3n) is 6.27. The molecule has 0 aliphatic heterocycles. The summed E-state index contributed by atoms with van der Waals surface area (Å²) in [5.41, 5.74) is 1.36. The van der Waals surface area contributed by atoms with Gasteiger partial charge in [-0.1, -0.05) is 5.16 Å². The van der Waals surface area contributed by atoms with E-state index in [1.807, 2.05) is 12.1 Å². The molecule has 0 atom stereocenters. The zero-order chi connectivity index (χ0) is 29.5. The number of ether oxygens (including phenoxy) is 7. The third kappa shape index (κ3) is 5.74. The first kappa shape index (κ1) is 28.8. The molecular weight excluding hydrogens is 532 g/mol. The minimum atomic E-state index is -0.762. The first-order valence-corrected chi connectivity index (χ1v) is 12.3. The molecule has 3 aromatic carbocycles. The fourth-order valence-electron chi connectivity index (χ4n) is 4.24. The predicted molar refractivity (Wildman–Crippen MR) is 152 cm³/mol. The van der Waals surface area contributed by atoms with Crippen molar-refractivity contribution in [3.05, 3.63) is 71.5 Å². The highest BCUT2D eigenvalue weighted by atomic mass is 16.7. The third-order valence-corrected chi connectivity index (χ3v) is 6.27. The standard InChI is InChI=1S/C30H30N2O9/c1-34-21-9-8-18(13-22(21)35-2)27(28-20-16-24(37-4)23(36-3)12-17(20)10-11-31-28)32-41-30(33)19-14-25(38-5)29(40-7)26(15-19)39-6/h8-16H,1-7H3/b32-27-. The summed E-state index contributed by atoms with van der Waals surface area (Å²) in [7, 11) is 10.5. The number of methoxy groups -OCH3 is 7. The zero-order valence-electron chi connectivity index (χ0n) is 23.8. The minimum absolute atomic E-state index is 0.132. The number of hydrogen-bond donors (Lipinski definition) is 0. The van der Waals surface area contributed by atoms with Crippen molar-refractivity contribution in [3.8, 4) is 40.2 Å². The van der Waals surface area contributed by atoms with Gasteiger partial charge in [0.25, 0.3) is 0 Å².